The first-order valence-electron chi connectivity index (χ1n) is 10.6. The molecule has 1 heterocycles. The van der Waals surface area contributed by atoms with E-state index in [1.54, 1.807) is 18.2 Å². The number of nitrogens with one attached hydrogen (secondary N) is 3. The van der Waals surface area contributed by atoms with Gasteiger partial charge in [0, 0.05) is 11.1 Å². The van der Waals surface area contributed by atoms with Crippen LogP contribution in [0.2, 0.25) is 0 Å². The fraction of sp³-hybridized carbons (Fsp3) is 0.208. The maximum atomic E-state index is 12.9. The van der Waals surface area contributed by atoms with Gasteiger partial charge in [-0.25, -0.2) is 20.0 Å². The number of anilines is 2. The average Bonchev–Trinajstić information content (AvgIpc) is 3.02. The Morgan fingerprint density at radius 2 is 1.71 bits per heavy atom. The molecule has 4 rings (SSSR count). The van der Waals surface area contributed by atoms with E-state index in [2.05, 4.69) is 16.1 Å². The standard InChI is InChI=1S/C24H25N5O3S2/c1-15-11-13-17(14-12-15)25-22(31)29(32)20-24(2,3)34-23(33)28(20)27-21(30)26-19-10-6-8-16-7-4-5-9-18(16)19/h4-14,20,32H,1-3H3,(H,25,31)(H2,26,27,30)/t20-/m1/s1. The molecule has 3 aromatic rings. The molecule has 0 spiro atoms. The molecule has 8 nitrogen and oxygen atoms in total. The van der Waals surface area contributed by atoms with E-state index in [4.69, 9.17) is 12.2 Å². The zero-order valence-corrected chi connectivity index (χ0v) is 20.5. The highest BCUT2D eigenvalue weighted by Crippen LogP contribution is 2.41. The number of nitrogens with zero attached hydrogens (tertiary/aromatic N) is 2. The van der Waals surface area contributed by atoms with Gasteiger partial charge < -0.3 is 10.6 Å². The van der Waals surface area contributed by atoms with Crippen LogP contribution in [0.5, 0.6) is 0 Å². The van der Waals surface area contributed by atoms with Crippen molar-refractivity contribution in [1.29, 1.82) is 0 Å². The third-order valence-corrected chi connectivity index (χ3v) is 6.97. The summed E-state index contributed by atoms with van der Waals surface area (Å²) >= 11 is 6.73. The number of hydroxylamine groups is 2. The molecule has 10 heteroatoms. The maximum Gasteiger partial charge on any atom is 0.347 e. The largest absolute Gasteiger partial charge is 0.347 e. The molecule has 1 saturated heterocycles. The highest BCUT2D eigenvalue weighted by molar-refractivity contribution is 8.24. The normalized spacial score (nSPS) is 16.9. The first-order valence-corrected chi connectivity index (χ1v) is 11.8. The van der Waals surface area contributed by atoms with Gasteiger partial charge in [-0.05, 0) is 44.4 Å². The van der Waals surface area contributed by atoms with Crippen molar-refractivity contribution in [3.05, 3.63) is 72.3 Å². The molecule has 1 aliphatic rings. The lowest BCUT2D eigenvalue weighted by molar-refractivity contribution is -0.120. The van der Waals surface area contributed by atoms with Crippen molar-refractivity contribution in [2.75, 3.05) is 10.6 Å². The monoisotopic (exact) mass is 495 g/mol. The number of thioether (sulfide) groups is 1. The lowest BCUT2D eigenvalue weighted by Crippen LogP contribution is -2.60. The van der Waals surface area contributed by atoms with Crippen molar-refractivity contribution in [2.24, 2.45) is 0 Å². The maximum absolute atomic E-state index is 12.9. The molecule has 4 amide bonds. The Bertz CT molecular complexity index is 1240. The second-order valence-corrected chi connectivity index (χ2v) is 10.7. The van der Waals surface area contributed by atoms with Gasteiger partial charge in [0.25, 0.3) is 0 Å². The lowest BCUT2D eigenvalue weighted by atomic mass is 10.1. The van der Waals surface area contributed by atoms with Crippen molar-refractivity contribution in [2.45, 2.75) is 31.7 Å². The number of rotatable bonds is 4. The van der Waals surface area contributed by atoms with Crippen LogP contribution in [0.3, 0.4) is 0 Å². The highest BCUT2D eigenvalue weighted by atomic mass is 32.2. The van der Waals surface area contributed by atoms with Crippen LogP contribution in [0, 0.1) is 6.92 Å². The lowest BCUT2D eigenvalue weighted by Gasteiger charge is -2.36. The number of hydrogen-bond acceptors (Lipinski definition) is 5. The molecule has 0 aliphatic carbocycles. The summed E-state index contributed by atoms with van der Waals surface area (Å²) in [5.74, 6) is 0. The average molecular weight is 496 g/mol. The van der Waals surface area contributed by atoms with E-state index in [0.717, 1.165) is 16.3 Å². The zero-order chi connectivity index (χ0) is 24.5. The van der Waals surface area contributed by atoms with Gasteiger partial charge in [0.1, 0.15) is 0 Å². The number of carbonyl (C=O) groups excluding carboxylic acids is 2. The van der Waals surface area contributed by atoms with Crippen LogP contribution in [0.25, 0.3) is 10.8 Å². The summed E-state index contributed by atoms with van der Waals surface area (Å²) in [6.45, 7) is 5.61. The summed E-state index contributed by atoms with van der Waals surface area (Å²) in [6, 6.07) is 19.2. The van der Waals surface area contributed by atoms with Crippen molar-refractivity contribution in [3.63, 3.8) is 0 Å². The molecule has 0 radical (unpaired) electrons. The van der Waals surface area contributed by atoms with Gasteiger partial charge in [0.05, 0.1) is 10.4 Å². The Balaban J connectivity index is 1.51. The summed E-state index contributed by atoms with van der Waals surface area (Å²) in [5.41, 5.74) is 4.90. The van der Waals surface area contributed by atoms with Crippen molar-refractivity contribution < 1.29 is 14.8 Å². The summed E-state index contributed by atoms with van der Waals surface area (Å²) in [4.78, 5) is 25.7. The molecule has 3 aromatic carbocycles. The smallest absolute Gasteiger partial charge is 0.306 e. The van der Waals surface area contributed by atoms with E-state index >= 15 is 0 Å². The number of thiocarbonyl (C=S) groups is 1. The molecule has 0 aromatic heterocycles. The number of carbonyl (C=O) groups is 2. The first-order chi connectivity index (χ1) is 16.2. The Morgan fingerprint density at radius 1 is 1.03 bits per heavy atom. The SMILES string of the molecule is Cc1ccc(NC(=O)N(O)[C@H]2N(NC(=O)Nc3cccc4ccccc34)C(=S)SC2(C)C)cc1. The summed E-state index contributed by atoms with van der Waals surface area (Å²) in [5, 5.41) is 20.1. The third kappa shape index (κ3) is 4.93. The highest BCUT2D eigenvalue weighted by Gasteiger charge is 2.50. The molecule has 1 aliphatic heterocycles. The van der Waals surface area contributed by atoms with Gasteiger partial charge in [-0.1, -0.05) is 78.1 Å². The number of benzene rings is 3. The van der Waals surface area contributed by atoms with E-state index in [9.17, 15) is 14.8 Å². The minimum atomic E-state index is -0.950. The Kier molecular flexibility index (Phi) is 6.65. The van der Waals surface area contributed by atoms with E-state index in [1.165, 1.54) is 16.8 Å². The van der Waals surface area contributed by atoms with Gasteiger partial charge >= 0.3 is 12.1 Å². The van der Waals surface area contributed by atoms with Gasteiger partial charge in [-0.3, -0.25) is 5.21 Å². The number of hydrazine groups is 1. The van der Waals surface area contributed by atoms with Crippen molar-refractivity contribution in [3.8, 4) is 0 Å². The second-order valence-electron chi connectivity index (χ2n) is 8.45. The summed E-state index contributed by atoms with van der Waals surface area (Å²) < 4.78 is -0.381. The minimum absolute atomic E-state index is 0.324. The Hall–Kier alpha value is -3.34. The molecular formula is C24H25N5O3S2. The van der Waals surface area contributed by atoms with Gasteiger partial charge in [-0.15, -0.1) is 0 Å². The number of amides is 4. The molecule has 0 unspecified atom stereocenters. The van der Waals surface area contributed by atoms with Crippen molar-refractivity contribution >= 4 is 62.5 Å². The van der Waals surface area contributed by atoms with Crippen LogP contribution in [-0.4, -0.2) is 42.6 Å². The second kappa shape index (κ2) is 9.49. The van der Waals surface area contributed by atoms with Gasteiger partial charge in [0.15, 0.2) is 10.5 Å². The van der Waals surface area contributed by atoms with Crippen LogP contribution in [0.1, 0.15) is 19.4 Å². The van der Waals surface area contributed by atoms with Crippen LogP contribution < -0.4 is 16.1 Å². The summed E-state index contributed by atoms with van der Waals surface area (Å²) in [7, 11) is 0. The molecular weight excluding hydrogens is 470 g/mol. The molecule has 176 valence electrons. The molecule has 34 heavy (non-hydrogen) atoms. The number of hydrogen-bond donors (Lipinski definition) is 4. The fourth-order valence-corrected chi connectivity index (χ4v) is 5.57. The number of fused-ring (bicyclic) bond motifs is 1. The first kappa shape index (κ1) is 23.8. The summed E-state index contributed by atoms with van der Waals surface area (Å²) in [6.07, 6.45) is -0.950. The van der Waals surface area contributed by atoms with Gasteiger partial charge in [-0.2, -0.15) is 5.06 Å². The van der Waals surface area contributed by atoms with Crippen LogP contribution >= 0.6 is 24.0 Å². The van der Waals surface area contributed by atoms with Crippen LogP contribution in [0.15, 0.2) is 66.7 Å². The van der Waals surface area contributed by atoms with E-state index in [-0.39, 0.29) is 0 Å². The number of urea groups is 2. The minimum Gasteiger partial charge on any atom is -0.306 e. The molecule has 0 bridgehead atoms. The quantitative estimate of drug-likeness (QED) is 0.215. The van der Waals surface area contributed by atoms with Crippen LogP contribution in [-0.2, 0) is 0 Å². The predicted octanol–water partition coefficient (Wildman–Crippen LogP) is 5.55. The van der Waals surface area contributed by atoms with Crippen molar-refractivity contribution in [1.82, 2.24) is 15.5 Å². The Morgan fingerprint density at radius 3 is 2.44 bits per heavy atom. The third-order valence-electron chi connectivity index (χ3n) is 5.42. The molecule has 4 N–H and O–H groups in total. The van der Waals surface area contributed by atoms with Crippen LogP contribution in [0.4, 0.5) is 21.0 Å². The topological polar surface area (TPSA) is 96.9 Å². The molecule has 0 saturated carbocycles. The van der Waals surface area contributed by atoms with E-state index in [0.29, 0.717) is 20.8 Å². The predicted molar refractivity (Wildman–Crippen MR) is 140 cm³/mol. The van der Waals surface area contributed by atoms with Gasteiger partial charge in [0.2, 0.25) is 0 Å². The molecule has 1 fully saturated rings. The zero-order valence-electron chi connectivity index (χ0n) is 18.9. The molecule has 1 atom stereocenters. The Labute approximate surface area is 207 Å². The fourth-order valence-electron chi connectivity index (χ4n) is 3.77. The number of aryl methyl sites for hydroxylation is 1. The van der Waals surface area contributed by atoms with E-state index in [1.807, 2.05) is 69.3 Å². The van der Waals surface area contributed by atoms with E-state index < -0.39 is 23.0 Å².